The molecule has 3 rings (SSSR count). The average Bonchev–Trinajstić information content (AvgIpc) is 3.01. The number of rotatable bonds is 5. The first kappa shape index (κ1) is 16.0. The molecule has 1 fully saturated rings. The Hall–Kier alpha value is -2.89. The minimum absolute atomic E-state index is 0.181. The topological polar surface area (TPSA) is 67.4 Å². The van der Waals surface area contributed by atoms with Crippen molar-refractivity contribution >= 4 is 17.7 Å². The van der Waals surface area contributed by atoms with Crippen LogP contribution < -0.4 is 10.6 Å². The maximum atomic E-state index is 13.5. The van der Waals surface area contributed by atoms with Gasteiger partial charge in [0.1, 0.15) is 11.9 Å². The summed E-state index contributed by atoms with van der Waals surface area (Å²) in [4.78, 5) is 23.0. The van der Waals surface area contributed by atoms with Gasteiger partial charge in [0.15, 0.2) is 0 Å². The molecular weight excluding hydrogens is 311 g/mol. The van der Waals surface area contributed by atoms with Gasteiger partial charge in [-0.25, -0.2) is 9.18 Å². The number of alkyl carbamates (subject to hydrolysis) is 1. The molecule has 124 valence electrons. The quantitative estimate of drug-likeness (QED) is 0.886. The Bertz CT molecular complexity index is 746. The van der Waals surface area contributed by atoms with E-state index in [2.05, 4.69) is 10.6 Å². The Labute approximate surface area is 138 Å². The van der Waals surface area contributed by atoms with Gasteiger partial charge >= 0.3 is 6.09 Å². The largest absolute Gasteiger partial charge is 0.439 e. The van der Waals surface area contributed by atoms with Crippen LogP contribution in [0.25, 0.3) is 0 Å². The summed E-state index contributed by atoms with van der Waals surface area (Å²) in [5, 5.41) is 5.36. The number of carbonyl (C=O) groups is 2. The van der Waals surface area contributed by atoms with Crippen molar-refractivity contribution in [3.63, 3.8) is 0 Å². The summed E-state index contributed by atoms with van der Waals surface area (Å²) in [6, 6.07) is 13.5. The van der Waals surface area contributed by atoms with E-state index in [1.54, 1.807) is 42.5 Å². The fraction of sp³-hybridized carbons (Fsp3) is 0.222. The smallest absolute Gasteiger partial charge is 0.407 e. The van der Waals surface area contributed by atoms with Crippen molar-refractivity contribution < 1.29 is 18.7 Å². The summed E-state index contributed by atoms with van der Waals surface area (Å²) in [6.45, 7) is 0.438. The van der Waals surface area contributed by atoms with E-state index < -0.39 is 6.09 Å². The second kappa shape index (κ2) is 7.12. The number of cyclic esters (lactones) is 1. The molecule has 0 aromatic heterocycles. The molecule has 24 heavy (non-hydrogen) atoms. The lowest BCUT2D eigenvalue weighted by molar-refractivity contribution is -0.116. The van der Waals surface area contributed by atoms with Crippen molar-refractivity contribution in [2.75, 3.05) is 11.9 Å². The third-order valence-electron chi connectivity index (χ3n) is 3.83. The van der Waals surface area contributed by atoms with Crippen LogP contribution in [0.15, 0.2) is 48.5 Å². The molecule has 2 aromatic rings. The Morgan fingerprint density at radius 1 is 1.21 bits per heavy atom. The lowest BCUT2D eigenvalue weighted by Gasteiger charge is -2.10. The number of nitrogens with one attached hydrogen (secondary N) is 2. The number of ether oxygens (including phenoxy) is 1. The van der Waals surface area contributed by atoms with Crippen molar-refractivity contribution in [2.24, 2.45) is 0 Å². The summed E-state index contributed by atoms with van der Waals surface area (Å²) in [5.74, 6) is -0.477. The molecular formula is C18H17FN2O3. The molecule has 0 spiro atoms. The molecule has 1 saturated heterocycles. The molecule has 0 radical (unpaired) electrons. The second-order valence-corrected chi connectivity index (χ2v) is 5.54. The number of carbonyl (C=O) groups excluding carboxylic acids is 2. The van der Waals surface area contributed by atoms with Crippen molar-refractivity contribution in [3.8, 4) is 0 Å². The van der Waals surface area contributed by atoms with Crippen molar-refractivity contribution in [1.29, 1.82) is 0 Å². The number of halogens is 1. The van der Waals surface area contributed by atoms with E-state index in [0.717, 1.165) is 5.56 Å². The maximum Gasteiger partial charge on any atom is 0.407 e. The van der Waals surface area contributed by atoms with Crippen molar-refractivity contribution in [1.82, 2.24) is 5.32 Å². The predicted octanol–water partition coefficient (Wildman–Crippen LogP) is 3.18. The fourth-order valence-corrected chi connectivity index (χ4v) is 2.53. The zero-order valence-electron chi connectivity index (χ0n) is 12.9. The van der Waals surface area contributed by atoms with E-state index in [0.29, 0.717) is 24.2 Å². The molecule has 0 aliphatic carbocycles. The number of hydrogen-bond donors (Lipinski definition) is 2. The van der Waals surface area contributed by atoms with Crippen LogP contribution in [0.5, 0.6) is 0 Å². The van der Waals surface area contributed by atoms with Crippen LogP contribution in [0, 0.1) is 5.82 Å². The molecule has 2 N–H and O–H groups in total. The minimum Gasteiger partial charge on any atom is -0.439 e. The minimum atomic E-state index is -0.425. The van der Waals surface area contributed by atoms with Crippen molar-refractivity contribution in [2.45, 2.75) is 18.9 Å². The Kier molecular flexibility index (Phi) is 4.74. The van der Waals surface area contributed by atoms with Crippen LogP contribution in [0.2, 0.25) is 0 Å². The van der Waals surface area contributed by atoms with Crippen LogP contribution in [-0.4, -0.2) is 18.5 Å². The van der Waals surface area contributed by atoms with Gasteiger partial charge in [0.05, 0.1) is 6.54 Å². The third-order valence-corrected chi connectivity index (χ3v) is 3.83. The van der Waals surface area contributed by atoms with Crippen LogP contribution >= 0.6 is 0 Å². The lowest BCUT2D eigenvalue weighted by Crippen LogP contribution is -2.13. The van der Waals surface area contributed by atoms with Crippen LogP contribution in [0.1, 0.15) is 23.7 Å². The highest BCUT2D eigenvalue weighted by Gasteiger charge is 2.23. The highest BCUT2D eigenvalue weighted by molar-refractivity contribution is 5.90. The normalized spacial score (nSPS) is 16.4. The summed E-state index contributed by atoms with van der Waals surface area (Å²) in [6.07, 6.45) is -0.179. The first-order valence-electron chi connectivity index (χ1n) is 7.69. The summed E-state index contributed by atoms with van der Waals surface area (Å²) < 4.78 is 18.6. The van der Waals surface area contributed by atoms with Gasteiger partial charge in [-0.3, -0.25) is 4.79 Å². The molecule has 2 amide bonds. The molecule has 1 aliphatic heterocycles. The van der Waals surface area contributed by atoms with Gasteiger partial charge in [-0.05, 0) is 35.7 Å². The molecule has 0 bridgehead atoms. The molecule has 2 aromatic carbocycles. The maximum absolute atomic E-state index is 13.5. The first-order chi connectivity index (χ1) is 11.6. The van der Waals surface area contributed by atoms with Crippen molar-refractivity contribution in [3.05, 3.63) is 65.5 Å². The van der Waals surface area contributed by atoms with Gasteiger partial charge in [-0.1, -0.05) is 30.3 Å². The standard InChI is InChI=1S/C18H17FN2O3/c19-15-4-2-1-3-12(15)7-10-17(22)21-14-8-5-13(6-9-14)16-11-20-18(23)24-16/h1-6,8-9,16H,7,10-11H2,(H,20,23)(H,21,22). The monoisotopic (exact) mass is 328 g/mol. The van der Waals surface area contributed by atoms with Gasteiger partial charge in [0.25, 0.3) is 0 Å². The van der Waals surface area contributed by atoms with Crippen LogP contribution in [-0.2, 0) is 16.0 Å². The number of amides is 2. The summed E-state index contributed by atoms with van der Waals surface area (Å²) in [5.41, 5.74) is 2.03. The number of benzene rings is 2. The van der Waals surface area contributed by atoms with Gasteiger partial charge in [-0.15, -0.1) is 0 Å². The van der Waals surface area contributed by atoms with E-state index in [1.165, 1.54) is 6.07 Å². The van der Waals surface area contributed by atoms with E-state index in [4.69, 9.17) is 4.74 Å². The number of anilines is 1. The lowest BCUT2D eigenvalue weighted by atomic mass is 10.1. The Morgan fingerprint density at radius 2 is 1.96 bits per heavy atom. The van der Waals surface area contributed by atoms with Crippen LogP contribution in [0.4, 0.5) is 14.9 Å². The molecule has 1 atom stereocenters. The van der Waals surface area contributed by atoms with E-state index in [9.17, 15) is 14.0 Å². The molecule has 0 saturated carbocycles. The van der Waals surface area contributed by atoms with Crippen LogP contribution in [0.3, 0.4) is 0 Å². The van der Waals surface area contributed by atoms with Gasteiger partial charge in [0, 0.05) is 12.1 Å². The highest BCUT2D eigenvalue weighted by atomic mass is 19.1. The average molecular weight is 328 g/mol. The van der Waals surface area contributed by atoms with E-state index in [1.807, 2.05) is 0 Å². The Morgan fingerprint density at radius 3 is 2.62 bits per heavy atom. The molecule has 5 nitrogen and oxygen atoms in total. The van der Waals surface area contributed by atoms with Gasteiger partial charge in [0.2, 0.25) is 5.91 Å². The second-order valence-electron chi connectivity index (χ2n) is 5.54. The fourth-order valence-electron chi connectivity index (χ4n) is 2.53. The summed E-state index contributed by atoms with van der Waals surface area (Å²) >= 11 is 0. The molecule has 1 aliphatic rings. The SMILES string of the molecule is O=C(CCc1ccccc1F)Nc1ccc(C2CNC(=O)O2)cc1. The molecule has 1 heterocycles. The highest BCUT2D eigenvalue weighted by Crippen LogP contribution is 2.22. The van der Waals surface area contributed by atoms with Gasteiger partial charge in [-0.2, -0.15) is 0 Å². The zero-order valence-corrected chi connectivity index (χ0v) is 12.9. The van der Waals surface area contributed by atoms with E-state index in [-0.39, 0.29) is 24.2 Å². The first-order valence-corrected chi connectivity index (χ1v) is 7.69. The summed E-state index contributed by atoms with van der Waals surface area (Å²) in [7, 11) is 0. The van der Waals surface area contributed by atoms with Gasteiger partial charge < -0.3 is 15.4 Å². The third kappa shape index (κ3) is 3.90. The Balaban J connectivity index is 1.53. The number of aryl methyl sites for hydroxylation is 1. The van der Waals surface area contributed by atoms with E-state index >= 15 is 0 Å². The predicted molar refractivity (Wildman–Crippen MR) is 87.0 cm³/mol. The number of hydrogen-bond acceptors (Lipinski definition) is 3. The molecule has 6 heteroatoms. The zero-order chi connectivity index (χ0) is 16.9. The molecule has 1 unspecified atom stereocenters.